The average Bonchev–Trinajstić information content (AvgIpc) is 2.95. The third-order valence-electron chi connectivity index (χ3n) is 4.51. The number of nitrogens with zero attached hydrogens (tertiary/aromatic N) is 3. The van der Waals surface area contributed by atoms with E-state index in [4.69, 9.17) is 4.74 Å². The molecule has 2 atom stereocenters. The van der Waals surface area contributed by atoms with Crippen LogP contribution < -0.4 is 0 Å². The molecule has 1 fully saturated rings. The number of ether oxygens (including phenoxy) is 1. The number of nitro benzene ring substituents is 1. The van der Waals surface area contributed by atoms with Gasteiger partial charge in [-0.25, -0.2) is 9.79 Å². The van der Waals surface area contributed by atoms with Crippen LogP contribution >= 0.6 is 11.8 Å². The monoisotopic (exact) mass is 403 g/mol. The van der Waals surface area contributed by atoms with Gasteiger partial charge in [0, 0.05) is 6.07 Å². The minimum absolute atomic E-state index is 0.150. The normalized spacial score (nSPS) is 21.7. The number of hydrogen-bond donors (Lipinski definition) is 0. The number of allylic oxidation sites excluding steroid dienone is 1. The van der Waals surface area contributed by atoms with Crippen LogP contribution in [0.3, 0.4) is 0 Å². The Hall–Kier alpha value is -2.68. The number of amides is 1. The van der Waals surface area contributed by atoms with Crippen LogP contribution in [0.25, 0.3) is 0 Å². The number of para-hydroxylation sites is 1. The molecule has 9 heteroatoms. The van der Waals surface area contributed by atoms with Crippen molar-refractivity contribution < 1.29 is 19.2 Å². The molecule has 0 aromatic heterocycles. The van der Waals surface area contributed by atoms with Gasteiger partial charge in [-0.15, -0.1) is 0 Å². The molecule has 0 N–H and O–H groups in total. The molecule has 2 aliphatic heterocycles. The van der Waals surface area contributed by atoms with Gasteiger partial charge in [-0.05, 0) is 33.3 Å². The summed E-state index contributed by atoms with van der Waals surface area (Å²) in [7, 11) is 0. The van der Waals surface area contributed by atoms with Crippen molar-refractivity contribution in [2.45, 2.75) is 51.5 Å². The second kappa shape index (κ2) is 7.75. The molecule has 0 spiro atoms. The van der Waals surface area contributed by atoms with Crippen LogP contribution in [0, 0.1) is 10.1 Å². The third-order valence-corrected chi connectivity index (χ3v) is 5.83. The highest BCUT2D eigenvalue weighted by molar-refractivity contribution is 8.15. The van der Waals surface area contributed by atoms with Gasteiger partial charge in [0.1, 0.15) is 6.04 Å². The summed E-state index contributed by atoms with van der Waals surface area (Å²) in [6, 6.07) is 5.19. The smallest absolute Gasteiger partial charge is 0.338 e. The van der Waals surface area contributed by atoms with E-state index in [0.717, 1.165) is 0 Å². The number of aliphatic imine (C=N–C) groups is 1. The molecule has 1 aromatic carbocycles. The van der Waals surface area contributed by atoms with Gasteiger partial charge in [-0.1, -0.05) is 30.8 Å². The van der Waals surface area contributed by atoms with Crippen molar-refractivity contribution in [1.82, 2.24) is 4.90 Å². The summed E-state index contributed by atoms with van der Waals surface area (Å²) in [4.78, 5) is 42.9. The van der Waals surface area contributed by atoms with Crippen molar-refractivity contribution in [3.8, 4) is 0 Å². The fraction of sp³-hybridized carbons (Fsp3) is 0.421. The summed E-state index contributed by atoms with van der Waals surface area (Å²) >= 11 is 1.32. The van der Waals surface area contributed by atoms with Crippen LogP contribution in [-0.4, -0.2) is 38.2 Å². The van der Waals surface area contributed by atoms with Gasteiger partial charge in [-0.3, -0.25) is 19.8 Å². The minimum Gasteiger partial charge on any atom is -0.459 e. The second-order valence-corrected chi connectivity index (χ2v) is 7.96. The molecule has 148 valence electrons. The van der Waals surface area contributed by atoms with Crippen molar-refractivity contribution in [3.05, 3.63) is 51.2 Å². The molecule has 2 heterocycles. The number of rotatable bonds is 5. The highest BCUT2D eigenvalue weighted by Gasteiger charge is 2.48. The van der Waals surface area contributed by atoms with E-state index in [1.807, 2.05) is 6.92 Å². The van der Waals surface area contributed by atoms with Crippen LogP contribution in [-0.2, 0) is 14.3 Å². The van der Waals surface area contributed by atoms with E-state index in [0.29, 0.717) is 17.3 Å². The maximum Gasteiger partial charge on any atom is 0.338 e. The first kappa shape index (κ1) is 20.1. The molecular weight excluding hydrogens is 382 g/mol. The predicted molar refractivity (Wildman–Crippen MR) is 106 cm³/mol. The lowest BCUT2D eigenvalue weighted by Crippen LogP contribution is -2.41. The van der Waals surface area contributed by atoms with E-state index < -0.39 is 16.9 Å². The van der Waals surface area contributed by atoms with Crippen LogP contribution in [0.1, 0.15) is 45.7 Å². The summed E-state index contributed by atoms with van der Waals surface area (Å²) in [5.41, 5.74) is 0.657. The van der Waals surface area contributed by atoms with Gasteiger partial charge in [0.25, 0.3) is 5.69 Å². The van der Waals surface area contributed by atoms with E-state index in [1.54, 1.807) is 39.0 Å². The summed E-state index contributed by atoms with van der Waals surface area (Å²) in [5, 5.41) is 11.8. The van der Waals surface area contributed by atoms with Crippen LogP contribution in [0.5, 0.6) is 0 Å². The number of benzene rings is 1. The fourth-order valence-electron chi connectivity index (χ4n) is 3.31. The molecule has 0 aliphatic carbocycles. The van der Waals surface area contributed by atoms with Gasteiger partial charge >= 0.3 is 5.97 Å². The molecule has 1 saturated heterocycles. The Bertz CT molecular complexity index is 909. The van der Waals surface area contributed by atoms with E-state index in [-0.39, 0.29) is 34.1 Å². The second-order valence-electron chi connectivity index (χ2n) is 6.79. The molecule has 0 bridgehead atoms. The fourth-order valence-corrected chi connectivity index (χ4v) is 4.44. The van der Waals surface area contributed by atoms with Crippen molar-refractivity contribution in [2.75, 3.05) is 0 Å². The van der Waals surface area contributed by atoms with Gasteiger partial charge < -0.3 is 4.74 Å². The van der Waals surface area contributed by atoms with Crippen LogP contribution in [0.15, 0.2) is 40.5 Å². The third kappa shape index (κ3) is 3.42. The topological polar surface area (TPSA) is 102 Å². The Morgan fingerprint density at radius 3 is 2.68 bits per heavy atom. The quantitative estimate of drug-likeness (QED) is 0.423. The van der Waals surface area contributed by atoms with Crippen LogP contribution in [0.4, 0.5) is 5.69 Å². The van der Waals surface area contributed by atoms with E-state index in [9.17, 15) is 19.7 Å². The molecule has 1 amide bonds. The molecule has 1 aromatic rings. The SMILES string of the molecule is CCC1SC2=NC(C)=C(C(=O)OC(C)C)C(c3ccccc3[N+](=O)[O-])N2C1=O. The molecule has 2 unspecified atom stereocenters. The Balaban J connectivity index is 2.21. The van der Waals surface area contributed by atoms with Gasteiger partial charge in [0.15, 0.2) is 5.17 Å². The number of carbonyl (C=O) groups excluding carboxylic acids is 2. The molecule has 0 radical (unpaired) electrons. The Morgan fingerprint density at radius 2 is 2.07 bits per heavy atom. The number of nitro groups is 1. The zero-order valence-electron chi connectivity index (χ0n) is 16.0. The lowest BCUT2D eigenvalue weighted by molar-refractivity contribution is -0.385. The number of thioether (sulfide) groups is 1. The Kier molecular flexibility index (Phi) is 5.55. The first-order valence-electron chi connectivity index (χ1n) is 8.99. The zero-order chi connectivity index (χ0) is 20.6. The summed E-state index contributed by atoms with van der Waals surface area (Å²) in [5.74, 6) is -0.840. The summed E-state index contributed by atoms with van der Waals surface area (Å²) in [6.07, 6.45) is 0.213. The molecule has 2 aliphatic rings. The maximum atomic E-state index is 13.0. The number of esters is 1. The van der Waals surface area contributed by atoms with Crippen molar-refractivity contribution >= 4 is 34.5 Å². The standard InChI is InChI=1S/C19H21N3O5S/c1-5-14-17(23)21-16(12-8-6-7-9-13(12)22(25)26)15(18(24)27-10(2)3)11(4)20-19(21)28-14/h6-10,14,16H,5H2,1-4H3. The number of fused-ring (bicyclic) bond motifs is 1. The zero-order valence-corrected chi connectivity index (χ0v) is 16.9. The summed E-state index contributed by atoms with van der Waals surface area (Å²) in [6.45, 7) is 6.99. The van der Waals surface area contributed by atoms with Gasteiger partial charge in [0.2, 0.25) is 5.91 Å². The maximum absolute atomic E-state index is 13.0. The van der Waals surface area contributed by atoms with Crippen molar-refractivity contribution in [2.24, 2.45) is 4.99 Å². The van der Waals surface area contributed by atoms with Crippen molar-refractivity contribution in [3.63, 3.8) is 0 Å². The first-order chi connectivity index (χ1) is 13.3. The van der Waals surface area contributed by atoms with E-state index in [1.165, 1.54) is 22.7 Å². The molecule has 0 saturated carbocycles. The highest BCUT2D eigenvalue weighted by Crippen LogP contribution is 2.46. The Morgan fingerprint density at radius 1 is 1.39 bits per heavy atom. The predicted octanol–water partition coefficient (Wildman–Crippen LogP) is 3.59. The van der Waals surface area contributed by atoms with Crippen LogP contribution in [0.2, 0.25) is 0 Å². The average molecular weight is 403 g/mol. The molecule has 8 nitrogen and oxygen atoms in total. The molecule has 28 heavy (non-hydrogen) atoms. The number of amidine groups is 1. The lowest BCUT2D eigenvalue weighted by Gasteiger charge is -2.33. The lowest BCUT2D eigenvalue weighted by atomic mass is 9.93. The van der Waals surface area contributed by atoms with E-state index >= 15 is 0 Å². The summed E-state index contributed by atoms with van der Waals surface area (Å²) < 4.78 is 5.37. The highest BCUT2D eigenvalue weighted by atomic mass is 32.2. The number of carbonyl (C=O) groups is 2. The largest absolute Gasteiger partial charge is 0.459 e. The first-order valence-corrected chi connectivity index (χ1v) is 9.87. The van der Waals surface area contributed by atoms with Gasteiger partial charge in [0.05, 0.1) is 33.1 Å². The molecular formula is C19H21N3O5S. The number of hydrogen-bond acceptors (Lipinski definition) is 7. The minimum atomic E-state index is -0.947. The van der Waals surface area contributed by atoms with E-state index in [2.05, 4.69) is 4.99 Å². The Labute approximate surface area is 166 Å². The molecule has 3 rings (SSSR count). The van der Waals surface area contributed by atoms with Gasteiger partial charge in [-0.2, -0.15) is 0 Å². The van der Waals surface area contributed by atoms with Crippen molar-refractivity contribution in [1.29, 1.82) is 0 Å².